The Morgan fingerprint density at radius 2 is 2.02 bits per heavy atom. The highest BCUT2D eigenvalue weighted by atomic mass is 35.5. The summed E-state index contributed by atoms with van der Waals surface area (Å²) in [6.07, 6.45) is 4.41. The van der Waals surface area contributed by atoms with E-state index in [2.05, 4.69) is 5.10 Å². The molecule has 3 aromatic heterocycles. The molecule has 224 valence electrons. The number of aldehydes is 1. The van der Waals surface area contributed by atoms with E-state index in [0.717, 1.165) is 58.8 Å². The summed E-state index contributed by atoms with van der Waals surface area (Å²) in [5.74, 6) is -0.458. The van der Waals surface area contributed by atoms with E-state index in [0.29, 0.717) is 47.2 Å². The van der Waals surface area contributed by atoms with E-state index in [-0.39, 0.29) is 26.0 Å². The monoisotopic (exact) mass is 597 g/mol. The van der Waals surface area contributed by atoms with E-state index in [4.69, 9.17) is 30.9 Å². The number of hydrogen-bond acceptors (Lipinski definition) is 8. The number of rotatable bonds is 11. The summed E-state index contributed by atoms with van der Waals surface area (Å²) in [5, 5.41) is 20.2. The second kappa shape index (κ2) is 12.8. The Bertz CT molecular complexity index is 1610. The summed E-state index contributed by atoms with van der Waals surface area (Å²) in [4.78, 5) is 24.2. The van der Waals surface area contributed by atoms with Gasteiger partial charge in [-0.25, -0.2) is 9.48 Å². The second-order valence-electron chi connectivity index (χ2n) is 10.5. The minimum Gasteiger partial charge on any atom is -0.464 e. The van der Waals surface area contributed by atoms with Crippen molar-refractivity contribution in [2.45, 2.75) is 58.5 Å². The van der Waals surface area contributed by atoms with E-state index in [9.17, 15) is 14.7 Å². The van der Waals surface area contributed by atoms with Gasteiger partial charge in [0.05, 0.1) is 42.3 Å². The Kier molecular flexibility index (Phi) is 9.12. The van der Waals surface area contributed by atoms with Crippen LogP contribution in [0.4, 0.5) is 0 Å². The number of hydrogen-bond donors (Lipinski definition) is 1. The molecule has 11 nitrogen and oxygen atoms in total. The Hall–Kier alpha value is -3.51. The number of nitrogens with zero attached hydrogens (tertiary/aromatic N) is 5. The van der Waals surface area contributed by atoms with Gasteiger partial charge in [-0.3, -0.25) is 9.48 Å². The van der Waals surface area contributed by atoms with Crippen LogP contribution in [0.3, 0.4) is 0 Å². The molecule has 4 heterocycles. The van der Waals surface area contributed by atoms with Crippen LogP contribution in [0.5, 0.6) is 0 Å². The van der Waals surface area contributed by atoms with Gasteiger partial charge in [0, 0.05) is 49.5 Å². The van der Waals surface area contributed by atoms with Gasteiger partial charge in [0.2, 0.25) is 0 Å². The highest BCUT2D eigenvalue weighted by Gasteiger charge is 2.30. The number of aromatic nitrogens is 5. The van der Waals surface area contributed by atoms with Crippen molar-refractivity contribution < 1.29 is 28.9 Å². The molecule has 5 rings (SSSR count). The topological polar surface area (TPSA) is 123 Å². The van der Waals surface area contributed by atoms with E-state index >= 15 is 0 Å². The number of halogens is 1. The molecule has 1 N–H and O–H groups in total. The minimum absolute atomic E-state index is 0.00316. The fraction of sp³-hybridized carbons (Fsp3) is 0.467. The van der Waals surface area contributed by atoms with Crippen molar-refractivity contribution in [1.29, 1.82) is 0 Å². The van der Waals surface area contributed by atoms with Gasteiger partial charge >= 0.3 is 5.97 Å². The SMILES string of the molecule is COC(=O)c1c(CCCO)c2ccc(Cl)c(-c3c(COCc4cc(C=O)n(C)n4)nn(C4CCCCO4)c3C)c2n1C. The van der Waals surface area contributed by atoms with Crippen LogP contribution in [0.1, 0.15) is 75.5 Å². The van der Waals surface area contributed by atoms with Crippen LogP contribution in [0.2, 0.25) is 5.02 Å². The summed E-state index contributed by atoms with van der Waals surface area (Å²) < 4.78 is 22.6. The summed E-state index contributed by atoms with van der Waals surface area (Å²) in [7, 11) is 4.89. The van der Waals surface area contributed by atoms with E-state index in [1.54, 1.807) is 13.1 Å². The quantitative estimate of drug-likeness (QED) is 0.195. The average Bonchev–Trinajstić information content (AvgIpc) is 3.62. The maximum absolute atomic E-state index is 13.0. The third kappa shape index (κ3) is 5.49. The number of aliphatic hydroxyl groups is 1. The molecule has 0 radical (unpaired) electrons. The van der Waals surface area contributed by atoms with E-state index < -0.39 is 5.97 Å². The first-order valence-corrected chi connectivity index (χ1v) is 14.4. The standard InChI is InChI=1S/C30H36ClN5O6/c1-18-26(27-23(31)11-10-22-21(8-7-12-37)29(30(39)40-4)34(2)28(22)27)24(33-36(18)25-9-5-6-13-42-25)17-41-16-19-14-20(15-38)35(3)32-19/h10-11,14-15,25,37H,5-9,12-13,16-17H2,1-4H3. The highest BCUT2D eigenvalue weighted by molar-refractivity contribution is 6.35. The van der Waals surface area contributed by atoms with Crippen LogP contribution in [-0.4, -0.2) is 61.8 Å². The molecule has 1 fully saturated rings. The molecule has 0 spiro atoms. The third-order valence-electron chi connectivity index (χ3n) is 7.85. The molecule has 1 aromatic carbocycles. The smallest absolute Gasteiger partial charge is 0.354 e. The van der Waals surface area contributed by atoms with Crippen molar-refractivity contribution >= 4 is 34.8 Å². The fourth-order valence-corrected chi connectivity index (χ4v) is 6.13. The lowest BCUT2D eigenvalue weighted by Gasteiger charge is -2.24. The normalized spacial score (nSPS) is 15.4. The Balaban J connectivity index is 1.65. The molecule has 42 heavy (non-hydrogen) atoms. The van der Waals surface area contributed by atoms with Crippen molar-refractivity contribution in [2.75, 3.05) is 20.3 Å². The lowest BCUT2D eigenvalue weighted by Crippen LogP contribution is -2.20. The van der Waals surface area contributed by atoms with Gasteiger partial charge in [-0.05, 0) is 56.7 Å². The predicted molar refractivity (Wildman–Crippen MR) is 157 cm³/mol. The van der Waals surface area contributed by atoms with Crippen LogP contribution in [0, 0.1) is 6.92 Å². The molecule has 1 atom stereocenters. The maximum atomic E-state index is 13.0. The van der Waals surface area contributed by atoms with Crippen LogP contribution in [0.25, 0.3) is 22.0 Å². The van der Waals surface area contributed by atoms with E-state index in [1.807, 2.05) is 35.4 Å². The Morgan fingerprint density at radius 1 is 1.21 bits per heavy atom. The van der Waals surface area contributed by atoms with Crippen molar-refractivity contribution in [3.05, 3.63) is 57.3 Å². The van der Waals surface area contributed by atoms with Gasteiger partial charge in [0.1, 0.15) is 17.6 Å². The van der Waals surface area contributed by atoms with E-state index in [1.165, 1.54) is 11.8 Å². The number of ether oxygens (including phenoxy) is 3. The van der Waals surface area contributed by atoms with Gasteiger partial charge in [-0.1, -0.05) is 17.7 Å². The first-order valence-electron chi connectivity index (χ1n) is 14.0. The van der Waals surface area contributed by atoms with Crippen molar-refractivity contribution in [3.8, 4) is 11.1 Å². The summed E-state index contributed by atoms with van der Waals surface area (Å²) in [6.45, 7) is 2.99. The zero-order chi connectivity index (χ0) is 30.0. The van der Waals surface area contributed by atoms with Crippen LogP contribution in [-0.2, 0) is 47.9 Å². The van der Waals surface area contributed by atoms with Gasteiger partial charge in [0.25, 0.3) is 0 Å². The van der Waals surface area contributed by atoms with Gasteiger partial charge in [0.15, 0.2) is 6.29 Å². The van der Waals surface area contributed by atoms with Crippen LogP contribution >= 0.6 is 11.6 Å². The van der Waals surface area contributed by atoms with Crippen LogP contribution in [0.15, 0.2) is 18.2 Å². The number of carbonyl (C=O) groups is 2. The minimum atomic E-state index is -0.458. The van der Waals surface area contributed by atoms with Gasteiger partial charge in [-0.15, -0.1) is 0 Å². The molecule has 1 saturated heterocycles. The Labute approximate surface area is 248 Å². The number of fused-ring (bicyclic) bond motifs is 1. The lowest BCUT2D eigenvalue weighted by molar-refractivity contribution is -0.0411. The third-order valence-corrected chi connectivity index (χ3v) is 8.16. The highest BCUT2D eigenvalue weighted by Crippen LogP contribution is 2.43. The molecular formula is C30H36ClN5O6. The number of benzene rings is 1. The summed E-state index contributed by atoms with van der Waals surface area (Å²) in [5.41, 5.74) is 6.15. The number of aliphatic hydroxyl groups excluding tert-OH is 1. The van der Waals surface area contributed by atoms with Crippen molar-refractivity contribution in [3.63, 3.8) is 0 Å². The zero-order valence-electron chi connectivity index (χ0n) is 24.4. The molecule has 0 amide bonds. The molecule has 0 bridgehead atoms. The first kappa shape index (κ1) is 30.0. The molecule has 12 heteroatoms. The van der Waals surface area contributed by atoms with Gasteiger partial charge < -0.3 is 23.9 Å². The lowest BCUT2D eigenvalue weighted by atomic mass is 9.98. The largest absolute Gasteiger partial charge is 0.464 e. The molecular weight excluding hydrogens is 562 g/mol. The second-order valence-corrected chi connectivity index (χ2v) is 10.9. The number of methoxy groups -OCH3 is 1. The maximum Gasteiger partial charge on any atom is 0.354 e. The summed E-state index contributed by atoms with van der Waals surface area (Å²) in [6, 6.07) is 5.43. The van der Waals surface area contributed by atoms with Crippen molar-refractivity contribution in [1.82, 2.24) is 24.1 Å². The molecule has 4 aromatic rings. The molecule has 0 aliphatic carbocycles. The first-order chi connectivity index (χ1) is 20.3. The van der Waals surface area contributed by atoms with Gasteiger partial charge in [-0.2, -0.15) is 10.2 Å². The van der Waals surface area contributed by atoms with Crippen LogP contribution < -0.4 is 0 Å². The Morgan fingerprint density at radius 3 is 2.69 bits per heavy atom. The molecule has 1 unspecified atom stereocenters. The zero-order valence-corrected chi connectivity index (χ0v) is 25.1. The van der Waals surface area contributed by atoms with Crippen molar-refractivity contribution in [2.24, 2.45) is 14.1 Å². The predicted octanol–water partition coefficient (Wildman–Crippen LogP) is 4.68. The molecule has 1 aliphatic heterocycles. The fourth-order valence-electron chi connectivity index (χ4n) is 5.88. The number of aryl methyl sites for hydroxylation is 3. The number of esters is 1. The molecule has 0 saturated carbocycles. The number of carbonyl (C=O) groups excluding carboxylic acids is 2. The summed E-state index contributed by atoms with van der Waals surface area (Å²) >= 11 is 6.97. The average molecular weight is 598 g/mol. The molecule has 1 aliphatic rings.